The number of rotatable bonds is 5. The fourth-order valence-corrected chi connectivity index (χ4v) is 2.13. The van der Waals surface area contributed by atoms with Gasteiger partial charge >= 0.3 is 6.18 Å². The first-order valence-electron chi connectivity index (χ1n) is 7.53. The molecular formula is C19H16F3NO3. The highest BCUT2D eigenvalue weighted by Crippen LogP contribution is 2.27. The molecule has 0 unspecified atom stereocenters. The zero-order valence-electron chi connectivity index (χ0n) is 14.0. The van der Waals surface area contributed by atoms with Crippen LogP contribution >= 0.6 is 0 Å². The number of benzene rings is 2. The van der Waals surface area contributed by atoms with Gasteiger partial charge in [-0.3, -0.25) is 9.79 Å². The largest absolute Gasteiger partial charge is 0.506 e. The van der Waals surface area contributed by atoms with E-state index in [0.29, 0.717) is 17.0 Å². The van der Waals surface area contributed by atoms with Crippen molar-refractivity contribution in [3.8, 4) is 5.75 Å². The molecule has 0 heterocycles. The van der Waals surface area contributed by atoms with Crippen LogP contribution in [0, 0.1) is 6.92 Å². The molecule has 0 radical (unpaired) electrons. The Balaban J connectivity index is 2.52. The number of carbonyl (C=O) groups excluding carboxylic acids is 1. The Morgan fingerprint density at radius 3 is 2.27 bits per heavy atom. The van der Waals surface area contributed by atoms with Gasteiger partial charge in [0.1, 0.15) is 11.5 Å². The van der Waals surface area contributed by atoms with Gasteiger partial charge in [-0.2, -0.15) is 13.2 Å². The van der Waals surface area contributed by atoms with Crippen LogP contribution in [0.1, 0.15) is 11.1 Å². The zero-order chi connectivity index (χ0) is 19.3. The lowest BCUT2D eigenvalue weighted by atomic mass is 10.0. The molecule has 0 aliphatic carbocycles. The predicted molar refractivity (Wildman–Crippen MR) is 92.9 cm³/mol. The third-order valence-corrected chi connectivity index (χ3v) is 3.57. The Bertz CT molecular complexity index is 853. The summed E-state index contributed by atoms with van der Waals surface area (Å²) < 4.78 is 43.7. The maximum Gasteiger partial charge on any atom is 0.455 e. The van der Waals surface area contributed by atoms with E-state index in [9.17, 15) is 23.1 Å². The van der Waals surface area contributed by atoms with Crippen molar-refractivity contribution in [1.82, 2.24) is 0 Å². The van der Waals surface area contributed by atoms with Gasteiger partial charge in [0.05, 0.1) is 18.4 Å². The molecule has 2 rings (SSSR count). The molecule has 0 saturated carbocycles. The van der Waals surface area contributed by atoms with Crippen molar-refractivity contribution in [2.75, 3.05) is 7.11 Å². The number of methoxy groups -OCH3 is 1. The predicted octanol–water partition coefficient (Wildman–Crippen LogP) is 4.81. The number of para-hydroxylation sites is 1. The first kappa shape index (κ1) is 19.2. The first-order chi connectivity index (χ1) is 12.2. The number of aliphatic hydroxyl groups is 1. The molecule has 7 heteroatoms. The van der Waals surface area contributed by atoms with E-state index < -0.39 is 23.3 Å². The molecule has 0 amide bonds. The molecule has 2 aromatic carbocycles. The maximum atomic E-state index is 12.9. The Hall–Kier alpha value is -3.09. The van der Waals surface area contributed by atoms with Crippen LogP contribution in [0.2, 0.25) is 0 Å². The summed E-state index contributed by atoms with van der Waals surface area (Å²) in [4.78, 5) is 15.7. The van der Waals surface area contributed by atoms with Crippen molar-refractivity contribution < 1.29 is 27.8 Å². The summed E-state index contributed by atoms with van der Waals surface area (Å²) in [6.45, 7) is 1.73. The normalized spacial score (nSPS) is 12.8. The number of allylic oxidation sites excluding steroid dienone is 1. The summed E-state index contributed by atoms with van der Waals surface area (Å²) in [7, 11) is 1.43. The Labute approximate surface area is 148 Å². The van der Waals surface area contributed by atoms with Crippen LogP contribution in [0.5, 0.6) is 5.75 Å². The molecule has 0 atom stereocenters. The minimum atomic E-state index is -5.15. The summed E-state index contributed by atoms with van der Waals surface area (Å²) >= 11 is 0. The molecule has 0 aliphatic heterocycles. The van der Waals surface area contributed by atoms with Gasteiger partial charge in [0, 0.05) is 11.8 Å². The second-order valence-electron chi connectivity index (χ2n) is 5.36. The van der Waals surface area contributed by atoms with Crippen LogP contribution < -0.4 is 4.74 Å². The van der Waals surface area contributed by atoms with E-state index in [4.69, 9.17) is 4.74 Å². The minimum Gasteiger partial charge on any atom is -0.506 e. The van der Waals surface area contributed by atoms with Gasteiger partial charge in [-0.05, 0) is 42.8 Å². The second-order valence-corrected chi connectivity index (χ2v) is 5.36. The number of carbonyl (C=O) groups is 1. The molecule has 136 valence electrons. The van der Waals surface area contributed by atoms with Crippen LogP contribution in [0.3, 0.4) is 0 Å². The quantitative estimate of drug-likeness (QED) is 0.471. The molecular weight excluding hydrogens is 347 g/mol. The number of ketones is 1. The minimum absolute atomic E-state index is 0.0367. The third kappa shape index (κ3) is 4.50. The van der Waals surface area contributed by atoms with Crippen molar-refractivity contribution in [2.24, 2.45) is 4.99 Å². The lowest BCUT2D eigenvalue weighted by Gasteiger charge is -2.10. The van der Waals surface area contributed by atoms with E-state index in [1.807, 2.05) is 0 Å². The second kappa shape index (κ2) is 7.86. The molecule has 0 fully saturated rings. The molecule has 0 spiro atoms. The van der Waals surface area contributed by atoms with Crippen LogP contribution in [-0.4, -0.2) is 30.4 Å². The van der Waals surface area contributed by atoms with Crippen LogP contribution in [0.25, 0.3) is 5.76 Å². The smallest absolute Gasteiger partial charge is 0.455 e. The van der Waals surface area contributed by atoms with E-state index in [-0.39, 0.29) is 5.56 Å². The van der Waals surface area contributed by atoms with Gasteiger partial charge < -0.3 is 9.84 Å². The summed E-state index contributed by atoms with van der Waals surface area (Å²) in [5, 5.41) is 10.3. The summed E-state index contributed by atoms with van der Waals surface area (Å²) in [5.74, 6) is -2.53. The fraction of sp³-hybridized carbons (Fsp3) is 0.158. The molecule has 0 aliphatic rings. The Kier molecular flexibility index (Phi) is 5.82. The van der Waals surface area contributed by atoms with Gasteiger partial charge in [-0.15, -0.1) is 0 Å². The monoisotopic (exact) mass is 363 g/mol. The van der Waals surface area contributed by atoms with Crippen molar-refractivity contribution in [1.29, 1.82) is 0 Å². The number of hydrogen-bond donors (Lipinski definition) is 1. The highest BCUT2D eigenvalue weighted by atomic mass is 19.4. The van der Waals surface area contributed by atoms with E-state index in [2.05, 4.69) is 4.99 Å². The fourth-order valence-electron chi connectivity index (χ4n) is 2.13. The van der Waals surface area contributed by atoms with Gasteiger partial charge in [0.2, 0.25) is 0 Å². The van der Waals surface area contributed by atoms with E-state index in [1.54, 1.807) is 31.2 Å². The number of nitrogens with zero attached hydrogens (tertiary/aromatic N) is 1. The summed E-state index contributed by atoms with van der Waals surface area (Å²) in [6, 6.07) is 12.3. The maximum absolute atomic E-state index is 12.9. The topological polar surface area (TPSA) is 58.9 Å². The van der Waals surface area contributed by atoms with Gasteiger partial charge in [-0.25, -0.2) is 0 Å². The number of ether oxygens (including phenoxy) is 1. The lowest BCUT2D eigenvalue weighted by molar-refractivity contribution is -0.165. The standard InChI is InChI=1S/C19H16F3NO3/c1-12-5-3-4-6-16(12)23-11-15(18(25)19(20,21)22)17(24)13-7-9-14(26-2)10-8-13/h3-11,24H,1-2H3. The number of alkyl halides is 3. The summed E-state index contributed by atoms with van der Waals surface area (Å²) in [6.07, 6.45) is -4.41. The number of aliphatic hydroxyl groups excluding tert-OH is 1. The van der Waals surface area contributed by atoms with Gasteiger partial charge in [0.15, 0.2) is 0 Å². The summed E-state index contributed by atoms with van der Waals surface area (Å²) in [5.41, 5.74) is 0.203. The average Bonchev–Trinajstić information content (AvgIpc) is 2.62. The number of hydrogen-bond acceptors (Lipinski definition) is 4. The van der Waals surface area contributed by atoms with Crippen molar-refractivity contribution in [3.63, 3.8) is 0 Å². The van der Waals surface area contributed by atoms with Crippen molar-refractivity contribution in [3.05, 3.63) is 65.2 Å². The van der Waals surface area contributed by atoms with Gasteiger partial charge in [-0.1, -0.05) is 18.2 Å². The number of halogens is 3. The van der Waals surface area contributed by atoms with Crippen molar-refractivity contribution >= 4 is 23.4 Å². The van der Waals surface area contributed by atoms with Crippen LogP contribution in [0.4, 0.5) is 18.9 Å². The average molecular weight is 363 g/mol. The van der Waals surface area contributed by atoms with E-state index in [1.165, 1.54) is 31.4 Å². The lowest BCUT2D eigenvalue weighted by Crippen LogP contribution is -2.26. The highest BCUT2D eigenvalue weighted by molar-refractivity contribution is 6.20. The molecule has 0 bridgehead atoms. The Morgan fingerprint density at radius 2 is 1.73 bits per heavy atom. The van der Waals surface area contributed by atoms with Gasteiger partial charge in [0.25, 0.3) is 5.78 Å². The SMILES string of the molecule is COc1ccc(C(O)=C(C=Nc2ccccc2C)C(=O)C(F)(F)F)cc1. The van der Waals surface area contributed by atoms with Crippen LogP contribution in [-0.2, 0) is 4.79 Å². The Morgan fingerprint density at radius 1 is 1.12 bits per heavy atom. The molecule has 1 N–H and O–H groups in total. The first-order valence-corrected chi connectivity index (χ1v) is 7.53. The number of aryl methyl sites for hydroxylation is 1. The van der Waals surface area contributed by atoms with E-state index in [0.717, 1.165) is 6.21 Å². The number of aliphatic imine (C=N–C) groups is 1. The molecule has 4 nitrogen and oxygen atoms in total. The molecule has 26 heavy (non-hydrogen) atoms. The molecule has 2 aromatic rings. The van der Waals surface area contributed by atoms with Crippen molar-refractivity contribution in [2.45, 2.75) is 13.1 Å². The van der Waals surface area contributed by atoms with E-state index >= 15 is 0 Å². The highest BCUT2D eigenvalue weighted by Gasteiger charge is 2.41. The third-order valence-electron chi connectivity index (χ3n) is 3.57. The number of Topliss-reactive ketones (excluding diaryl/α,β-unsaturated/α-hetero) is 1. The zero-order valence-corrected chi connectivity index (χ0v) is 14.0. The van der Waals surface area contributed by atoms with Crippen LogP contribution in [0.15, 0.2) is 59.1 Å². The molecule has 0 saturated heterocycles. The molecule has 0 aromatic heterocycles.